The number of hydrogen-bond donors (Lipinski definition) is 0. The Morgan fingerprint density at radius 3 is 2.50 bits per heavy atom. The number of piperazine rings is 1. The van der Waals surface area contributed by atoms with Crippen LogP contribution in [0.25, 0.3) is 0 Å². The van der Waals surface area contributed by atoms with Gasteiger partial charge in [0.25, 0.3) is 5.69 Å². The number of hydrogen-bond acceptors (Lipinski definition) is 5. The molecule has 2 aliphatic heterocycles. The Bertz CT molecular complexity index is 716. The summed E-state index contributed by atoms with van der Waals surface area (Å²) < 4.78 is 26.5. The van der Waals surface area contributed by atoms with Gasteiger partial charge in [-0.1, -0.05) is 0 Å². The van der Waals surface area contributed by atoms with Crippen molar-refractivity contribution < 1.29 is 18.1 Å². The van der Waals surface area contributed by atoms with E-state index in [-0.39, 0.29) is 35.6 Å². The van der Waals surface area contributed by atoms with Gasteiger partial charge in [-0.05, 0) is 18.6 Å². The minimum atomic E-state index is -3.69. The molecule has 1 aromatic rings. The molecule has 1 amide bonds. The van der Waals surface area contributed by atoms with Crippen molar-refractivity contribution in [2.75, 3.05) is 19.6 Å². The number of carbonyl (C=O) groups is 1. The van der Waals surface area contributed by atoms with Crippen LogP contribution in [0.15, 0.2) is 29.2 Å². The number of rotatable bonds is 3. The van der Waals surface area contributed by atoms with E-state index < -0.39 is 14.9 Å². The molecule has 3 rings (SSSR count). The molecule has 0 N–H and O–H groups in total. The lowest BCUT2D eigenvalue weighted by Crippen LogP contribution is -2.53. The van der Waals surface area contributed by atoms with Gasteiger partial charge in [-0.2, -0.15) is 4.31 Å². The van der Waals surface area contributed by atoms with Gasteiger partial charge in [-0.25, -0.2) is 8.42 Å². The Hall–Kier alpha value is -2.00. The molecule has 0 spiro atoms. The number of benzene rings is 1. The van der Waals surface area contributed by atoms with Crippen molar-refractivity contribution in [3.05, 3.63) is 34.4 Å². The van der Waals surface area contributed by atoms with Crippen molar-refractivity contribution in [3.8, 4) is 0 Å². The molecule has 1 aromatic carbocycles. The largest absolute Gasteiger partial charge is 0.337 e. The fraction of sp³-hybridized carbons (Fsp3) is 0.462. The second kappa shape index (κ2) is 5.33. The van der Waals surface area contributed by atoms with E-state index in [2.05, 4.69) is 0 Å². The molecule has 22 heavy (non-hydrogen) atoms. The fourth-order valence-corrected chi connectivity index (χ4v) is 4.41. The third-order valence-electron chi connectivity index (χ3n) is 4.14. The van der Waals surface area contributed by atoms with E-state index in [9.17, 15) is 23.3 Å². The lowest BCUT2D eigenvalue weighted by atomic mass is 10.2. The van der Waals surface area contributed by atoms with Crippen LogP contribution >= 0.6 is 0 Å². The molecule has 2 aliphatic rings. The van der Waals surface area contributed by atoms with Crippen LogP contribution in [-0.2, 0) is 14.8 Å². The van der Waals surface area contributed by atoms with Crippen LogP contribution in [0.1, 0.15) is 12.8 Å². The first-order chi connectivity index (χ1) is 10.4. The maximum atomic E-state index is 12.6. The predicted molar refractivity (Wildman–Crippen MR) is 76.6 cm³/mol. The first-order valence-electron chi connectivity index (χ1n) is 6.93. The number of nitrogens with zero attached hydrogens (tertiary/aromatic N) is 3. The third kappa shape index (κ3) is 2.46. The highest BCUT2D eigenvalue weighted by molar-refractivity contribution is 7.89. The maximum Gasteiger partial charge on any atom is 0.269 e. The van der Waals surface area contributed by atoms with Gasteiger partial charge in [0.1, 0.15) is 0 Å². The molecule has 0 aromatic heterocycles. The SMILES string of the molecule is O=C1CC[C@@H]2CN(S(=O)(=O)c3ccc([N+](=O)[O-])cc3)CCN12. The van der Waals surface area contributed by atoms with Gasteiger partial charge in [0, 0.05) is 44.2 Å². The first-order valence-corrected chi connectivity index (χ1v) is 8.37. The number of non-ortho nitro benzene ring substituents is 1. The van der Waals surface area contributed by atoms with Crippen LogP contribution in [0, 0.1) is 10.1 Å². The van der Waals surface area contributed by atoms with Gasteiger partial charge in [0.15, 0.2) is 0 Å². The summed E-state index contributed by atoms with van der Waals surface area (Å²) >= 11 is 0. The topological polar surface area (TPSA) is 101 Å². The van der Waals surface area contributed by atoms with Crippen LogP contribution in [0.4, 0.5) is 5.69 Å². The minimum absolute atomic E-state index is 0.0378. The van der Waals surface area contributed by atoms with Crippen molar-refractivity contribution in [3.63, 3.8) is 0 Å². The zero-order chi connectivity index (χ0) is 15.9. The molecule has 0 saturated carbocycles. The van der Waals surface area contributed by atoms with Gasteiger partial charge < -0.3 is 4.90 Å². The molecule has 118 valence electrons. The van der Waals surface area contributed by atoms with Crippen molar-refractivity contribution in [1.82, 2.24) is 9.21 Å². The van der Waals surface area contributed by atoms with Crippen molar-refractivity contribution in [1.29, 1.82) is 0 Å². The summed E-state index contributed by atoms with van der Waals surface area (Å²) in [5, 5.41) is 10.6. The maximum absolute atomic E-state index is 12.6. The lowest BCUT2D eigenvalue weighted by molar-refractivity contribution is -0.384. The molecular weight excluding hydrogens is 310 g/mol. The minimum Gasteiger partial charge on any atom is -0.337 e. The third-order valence-corrected chi connectivity index (χ3v) is 6.02. The second-order valence-electron chi connectivity index (χ2n) is 5.39. The summed E-state index contributed by atoms with van der Waals surface area (Å²) in [5.41, 5.74) is -0.148. The molecule has 0 aliphatic carbocycles. The molecule has 8 nitrogen and oxygen atoms in total. The first kappa shape index (κ1) is 14.9. The van der Waals surface area contributed by atoms with E-state index in [1.807, 2.05) is 0 Å². The van der Waals surface area contributed by atoms with E-state index >= 15 is 0 Å². The van der Waals surface area contributed by atoms with Crippen molar-refractivity contribution in [2.45, 2.75) is 23.8 Å². The van der Waals surface area contributed by atoms with Crippen LogP contribution < -0.4 is 0 Å². The molecule has 2 fully saturated rings. The molecule has 0 bridgehead atoms. The molecule has 0 radical (unpaired) electrons. The zero-order valence-corrected chi connectivity index (χ0v) is 12.5. The van der Waals surface area contributed by atoms with E-state index in [0.29, 0.717) is 19.4 Å². The van der Waals surface area contributed by atoms with Crippen molar-refractivity contribution >= 4 is 21.6 Å². The van der Waals surface area contributed by atoms with E-state index in [1.54, 1.807) is 4.90 Å². The Balaban J connectivity index is 1.81. The Morgan fingerprint density at radius 1 is 1.18 bits per heavy atom. The van der Waals surface area contributed by atoms with E-state index in [0.717, 1.165) is 0 Å². The highest BCUT2D eigenvalue weighted by Crippen LogP contribution is 2.27. The van der Waals surface area contributed by atoms with Gasteiger partial charge >= 0.3 is 0 Å². The van der Waals surface area contributed by atoms with Crippen molar-refractivity contribution in [2.24, 2.45) is 0 Å². The quantitative estimate of drug-likeness (QED) is 0.598. The predicted octanol–water partition coefficient (Wildman–Crippen LogP) is 0.590. The van der Waals surface area contributed by atoms with Gasteiger partial charge in [-0.3, -0.25) is 14.9 Å². The summed E-state index contributed by atoms with van der Waals surface area (Å²) in [5.74, 6) is 0.0809. The van der Waals surface area contributed by atoms with Gasteiger partial charge in [0.05, 0.1) is 9.82 Å². The van der Waals surface area contributed by atoms with Gasteiger partial charge in [0.2, 0.25) is 15.9 Å². The molecular formula is C13H15N3O5S. The Labute approximate surface area is 127 Å². The van der Waals surface area contributed by atoms with Crippen LogP contribution in [0.5, 0.6) is 0 Å². The highest BCUT2D eigenvalue weighted by atomic mass is 32.2. The number of sulfonamides is 1. The number of fused-ring (bicyclic) bond motifs is 1. The Kier molecular flexibility index (Phi) is 3.61. The fourth-order valence-electron chi connectivity index (χ4n) is 2.94. The average Bonchev–Trinajstić information content (AvgIpc) is 2.88. The normalized spacial score (nSPS) is 22.6. The molecule has 0 unspecified atom stereocenters. The zero-order valence-electron chi connectivity index (χ0n) is 11.7. The second-order valence-corrected chi connectivity index (χ2v) is 7.33. The number of nitro benzene ring substituents is 1. The molecule has 1 atom stereocenters. The number of nitro groups is 1. The number of carbonyl (C=O) groups excluding carboxylic acids is 1. The Morgan fingerprint density at radius 2 is 1.86 bits per heavy atom. The summed E-state index contributed by atoms with van der Waals surface area (Å²) in [7, 11) is -3.69. The summed E-state index contributed by atoms with van der Waals surface area (Å²) in [4.78, 5) is 23.5. The molecule has 2 heterocycles. The van der Waals surface area contributed by atoms with Gasteiger partial charge in [-0.15, -0.1) is 0 Å². The van der Waals surface area contributed by atoms with E-state index in [4.69, 9.17) is 0 Å². The van der Waals surface area contributed by atoms with Crippen LogP contribution in [-0.4, -0.2) is 54.1 Å². The summed E-state index contributed by atoms with van der Waals surface area (Å²) in [6, 6.07) is 4.80. The molecule has 2 saturated heterocycles. The van der Waals surface area contributed by atoms with Crippen LogP contribution in [0.3, 0.4) is 0 Å². The highest BCUT2D eigenvalue weighted by Gasteiger charge is 2.39. The smallest absolute Gasteiger partial charge is 0.269 e. The summed E-state index contributed by atoms with van der Waals surface area (Å²) in [6.07, 6.45) is 1.14. The standard InChI is InChI=1S/C13H15N3O5S/c17-13-6-3-11-9-14(7-8-15(11)13)22(20,21)12-4-1-10(2-5-12)16(18)19/h1-2,4-5,11H,3,6-9H2/t11-/m1/s1. The number of amides is 1. The lowest BCUT2D eigenvalue weighted by Gasteiger charge is -2.36. The monoisotopic (exact) mass is 325 g/mol. The van der Waals surface area contributed by atoms with E-state index in [1.165, 1.54) is 28.6 Å². The molecule has 9 heteroatoms. The average molecular weight is 325 g/mol. The van der Waals surface area contributed by atoms with Crippen LogP contribution in [0.2, 0.25) is 0 Å². The summed E-state index contributed by atoms with van der Waals surface area (Å²) in [6.45, 7) is 0.933.